The lowest BCUT2D eigenvalue weighted by Gasteiger charge is -2.26. The molecular weight excluding hydrogens is 278 g/mol. The van der Waals surface area contributed by atoms with Crippen molar-refractivity contribution in [1.82, 2.24) is 9.47 Å². The molecule has 2 heterocycles. The van der Waals surface area contributed by atoms with Crippen LogP contribution in [0, 0.1) is 6.92 Å². The van der Waals surface area contributed by atoms with Crippen LogP contribution in [0.5, 0.6) is 0 Å². The zero-order valence-corrected chi connectivity index (χ0v) is 13.2. The van der Waals surface area contributed by atoms with Crippen LogP contribution in [0.4, 0.5) is 0 Å². The number of hydrogen-bond donors (Lipinski definition) is 2. The number of carboxylic acids is 1. The highest BCUT2D eigenvalue weighted by atomic mass is 16.4. The van der Waals surface area contributed by atoms with E-state index in [1.54, 1.807) is 6.07 Å². The first-order valence-electron chi connectivity index (χ1n) is 7.87. The van der Waals surface area contributed by atoms with Gasteiger partial charge in [0.2, 0.25) is 0 Å². The van der Waals surface area contributed by atoms with Crippen molar-refractivity contribution in [1.29, 1.82) is 0 Å². The van der Waals surface area contributed by atoms with Crippen LogP contribution in [0.2, 0.25) is 0 Å². The van der Waals surface area contributed by atoms with Crippen molar-refractivity contribution in [2.45, 2.75) is 33.4 Å². The fourth-order valence-corrected chi connectivity index (χ4v) is 3.59. The van der Waals surface area contributed by atoms with Crippen LogP contribution in [-0.2, 0) is 19.5 Å². The minimum Gasteiger partial charge on any atom is -0.478 e. The van der Waals surface area contributed by atoms with Gasteiger partial charge in [-0.05, 0) is 36.7 Å². The Morgan fingerprint density at radius 3 is 2.82 bits per heavy atom. The Labute approximate surface area is 130 Å². The van der Waals surface area contributed by atoms with E-state index < -0.39 is 5.97 Å². The van der Waals surface area contributed by atoms with Gasteiger partial charge in [0.1, 0.15) is 0 Å². The van der Waals surface area contributed by atoms with Crippen LogP contribution in [0.1, 0.15) is 34.1 Å². The van der Waals surface area contributed by atoms with E-state index in [0.29, 0.717) is 18.7 Å². The predicted molar refractivity (Wildman–Crippen MR) is 87.3 cm³/mol. The second kappa shape index (κ2) is 5.74. The molecule has 2 aromatic rings. The molecule has 0 amide bonds. The molecule has 0 aliphatic carbocycles. The van der Waals surface area contributed by atoms with Gasteiger partial charge in [0, 0.05) is 43.7 Å². The van der Waals surface area contributed by atoms with E-state index in [2.05, 4.69) is 22.5 Å². The summed E-state index contributed by atoms with van der Waals surface area (Å²) in [6.45, 7) is 8.23. The number of nitrogens with zero attached hydrogens (tertiary/aromatic N) is 2. The lowest BCUT2D eigenvalue weighted by molar-refractivity contribution is 0.0698. The Morgan fingerprint density at radius 1 is 1.41 bits per heavy atom. The Morgan fingerprint density at radius 2 is 2.18 bits per heavy atom. The average Bonchev–Trinajstić information content (AvgIpc) is 2.80. The summed E-state index contributed by atoms with van der Waals surface area (Å²) in [7, 11) is 0. The maximum Gasteiger partial charge on any atom is 0.337 e. The monoisotopic (exact) mass is 301 g/mol. The Hall–Kier alpha value is -1.85. The van der Waals surface area contributed by atoms with Crippen molar-refractivity contribution in [2.24, 2.45) is 5.73 Å². The average molecular weight is 301 g/mol. The van der Waals surface area contributed by atoms with Crippen LogP contribution in [0.3, 0.4) is 0 Å². The van der Waals surface area contributed by atoms with Gasteiger partial charge in [0.25, 0.3) is 0 Å². The molecule has 1 aliphatic heterocycles. The van der Waals surface area contributed by atoms with Crippen molar-refractivity contribution in [3.8, 4) is 0 Å². The number of aromatic nitrogens is 1. The third kappa shape index (κ3) is 2.30. The van der Waals surface area contributed by atoms with E-state index >= 15 is 0 Å². The maximum atomic E-state index is 11.7. The minimum absolute atomic E-state index is 0.390. The van der Waals surface area contributed by atoms with Gasteiger partial charge in [0.05, 0.1) is 11.1 Å². The second-order valence-corrected chi connectivity index (χ2v) is 6.00. The van der Waals surface area contributed by atoms with Gasteiger partial charge in [-0.1, -0.05) is 6.92 Å². The van der Waals surface area contributed by atoms with Gasteiger partial charge in [-0.3, -0.25) is 4.90 Å². The molecular formula is C17H23N3O2. The molecule has 0 radical (unpaired) electrons. The molecule has 0 atom stereocenters. The number of rotatable bonds is 4. The zero-order valence-electron chi connectivity index (χ0n) is 13.2. The van der Waals surface area contributed by atoms with E-state index in [1.165, 1.54) is 11.3 Å². The molecule has 3 rings (SSSR count). The molecule has 0 unspecified atom stereocenters. The highest BCUT2D eigenvalue weighted by Crippen LogP contribution is 2.33. The third-order valence-corrected chi connectivity index (χ3v) is 4.60. The molecule has 0 saturated carbocycles. The SMILES string of the molecule is CCN1CCc2c(c3cc(C)cc(C(=O)O)c3n2CCN)C1. The van der Waals surface area contributed by atoms with E-state index in [9.17, 15) is 9.90 Å². The summed E-state index contributed by atoms with van der Waals surface area (Å²) in [4.78, 5) is 14.1. The Balaban J connectivity index is 2.32. The molecule has 0 spiro atoms. The Kier molecular flexibility index (Phi) is 3.93. The van der Waals surface area contributed by atoms with Gasteiger partial charge in [-0.15, -0.1) is 0 Å². The topological polar surface area (TPSA) is 71.5 Å². The fraction of sp³-hybridized carbons (Fsp3) is 0.471. The van der Waals surface area contributed by atoms with Crippen LogP contribution >= 0.6 is 0 Å². The van der Waals surface area contributed by atoms with Crippen molar-refractivity contribution < 1.29 is 9.90 Å². The molecule has 1 aromatic heterocycles. The minimum atomic E-state index is -0.867. The number of carboxylic acid groups (broad SMARTS) is 1. The number of benzene rings is 1. The van der Waals surface area contributed by atoms with E-state index in [1.807, 2.05) is 6.92 Å². The number of hydrogen-bond acceptors (Lipinski definition) is 3. The molecule has 0 bridgehead atoms. The summed E-state index contributed by atoms with van der Waals surface area (Å²) in [5, 5.41) is 10.7. The number of nitrogens with two attached hydrogens (primary N) is 1. The van der Waals surface area contributed by atoms with E-state index in [0.717, 1.165) is 42.5 Å². The molecule has 0 fully saturated rings. The summed E-state index contributed by atoms with van der Waals surface area (Å²) < 4.78 is 2.14. The summed E-state index contributed by atoms with van der Waals surface area (Å²) in [5.41, 5.74) is 10.5. The highest BCUT2D eigenvalue weighted by Gasteiger charge is 2.26. The first-order chi connectivity index (χ1) is 10.6. The van der Waals surface area contributed by atoms with Gasteiger partial charge < -0.3 is 15.4 Å². The number of aryl methyl sites for hydroxylation is 1. The van der Waals surface area contributed by atoms with Crippen molar-refractivity contribution in [3.63, 3.8) is 0 Å². The maximum absolute atomic E-state index is 11.7. The fourth-order valence-electron chi connectivity index (χ4n) is 3.59. The summed E-state index contributed by atoms with van der Waals surface area (Å²) in [6.07, 6.45) is 0.954. The van der Waals surface area contributed by atoms with Crippen LogP contribution in [-0.4, -0.2) is 40.2 Å². The molecule has 5 nitrogen and oxygen atoms in total. The second-order valence-electron chi connectivity index (χ2n) is 6.00. The van der Waals surface area contributed by atoms with Crippen molar-refractivity contribution >= 4 is 16.9 Å². The zero-order chi connectivity index (χ0) is 15.9. The number of aromatic carboxylic acids is 1. The number of carbonyl (C=O) groups is 1. The lowest BCUT2D eigenvalue weighted by Crippen LogP contribution is -2.31. The first-order valence-corrected chi connectivity index (χ1v) is 7.87. The number of likely N-dealkylation sites (N-methyl/N-ethyl adjacent to an activating group) is 1. The largest absolute Gasteiger partial charge is 0.478 e. The van der Waals surface area contributed by atoms with Gasteiger partial charge in [-0.2, -0.15) is 0 Å². The van der Waals surface area contributed by atoms with E-state index in [4.69, 9.17) is 5.73 Å². The molecule has 3 N–H and O–H groups in total. The highest BCUT2D eigenvalue weighted by molar-refractivity contribution is 6.04. The predicted octanol–water partition coefficient (Wildman–Crippen LogP) is 1.98. The Bertz CT molecular complexity index is 733. The van der Waals surface area contributed by atoms with Gasteiger partial charge >= 0.3 is 5.97 Å². The standard InChI is InChI=1S/C17H23N3O2/c1-3-19-6-4-15-14(10-19)12-8-11(2)9-13(17(21)22)16(12)20(15)7-5-18/h8-9H,3-7,10,18H2,1-2H3,(H,21,22). The van der Waals surface area contributed by atoms with Crippen LogP contribution in [0.15, 0.2) is 12.1 Å². The molecule has 1 aromatic carbocycles. The number of fused-ring (bicyclic) bond motifs is 3. The first kappa shape index (κ1) is 15.1. The van der Waals surface area contributed by atoms with Gasteiger partial charge in [-0.25, -0.2) is 4.79 Å². The normalized spacial score (nSPS) is 15.2. The summed E-state index contributed by atoms with van der Waals surface area (Å²) >= 11 is 0. The molecule has 118 valence electrons. The summed E-state index contributed by atoms with van der Waals surface area (Å²) in [6, 6.07) is 3.88. The summed E-state index contributed by atoms with van der Waals surface area (Å²) in [5.74, 6) is -0.867. The quantitative estimate of drug-likeness (QED) is 0.906. The van der Waals surface area contributed by atoms with Crippen LogP contribution in [0.25, 0.3) is 10.9 Å². The smallest absolute Gasteiger partial charge is 0.337 e. The van der Waals surface area contributed by atoms with Gasteiger partial charge in [0.15, 0.2) is 0 Å². The van der Waals surface area contributed by atoms with Crippen molar-refractivity contribution in [2.75, 3.05) is 19.6 Å². The molecule has 0 saturated heterocycles. The van der Waals surface area contributed by atoms with Crippen LogP contribution < -0.4 is 5.73 Å². The van der Waals surface area contributed by atoms with Crippen molar-refractivity contribution in [3.05, 3.63) is 34.5 Å². The van der Waals surface area contributed by atoms with E-state index in [-0.39, 0.29) is 0 Å². The third-order valence-electron chi connectivity index (χ3n) is 4.60. The lowest BCUT2D eigenvalue weighted by atomic mass is 10.0. The molecule has 22 heavy (non-hydrogen) atoms. The molecule has 1 aliphatic rings. The molecule has 5 heteroatoms.